The minimum Gasteiger partial charge on any atom is -0.393 e. The lowest BCUT2D eigenvalue weighted by Gasteiger charge is -2.07. The van der Waals surface area contributed by atoms with Crippen LogP contribution in [0.15, 0.2) is 36.4 Å². The summed E-state index contributed by atoms with van der Waals surface area (Å²) in [7, 11) is 0. The highest BCUT2D eigenvalue weighted by Crippen LogP contribution is 2.27. The van der Waals surface area contributed by atoms with Crippen molar-refractivity contribution >= 4 is 22.7 Å². The van der Waals surface area contributed by atoms with Crippen LogP contribution in [0.2, 0.25) is 0 Å². The lowest BCUT2D eigenvalue weighted by molar-refractivity contribution is -0.383. The molecule has 0 spiro atoms. The van der Waals surface area contributed by atoms with E-state index in [0.29, 0.717) is 5.69 Å². The molecule has 0 atom stereocenters. The number of hydrogen-bond donors (Lipinski definition) is 2. The summed E-state index contributed by atoms with van der Waals surface area (Å²) in [6.45, 7) is 0. The molecule has 98 valence electrons. The van der Waals surface area contributed by atoms with Crippen LogP contribution >= 0.6 is 0 Å². The summed E-state index contributed by atoms with van der Waals surface area (Å²) in [5, 5.41) is 13.3. The van der Waals surface area contributed by atoms with Crippen molar-refractivity contribution < 1.29 is 13.7 Å². The fourth-order valence-electron chi connectivity index (χ4n) is 1.59. The Hall–Kier alpha value is -2.70. The van der Waals surface area contributed by atoms with Gasteiger partial charge >= 0.3 is 0 Å². The van der Waals surface area contributed by atoms with Crippen LogP contribution in [0.1, 0.15) is 0 Å². The second-order valence-corrected chi connectivity index (χ2v) is 3.81. The molecule has 0 saturated carbocycles. The first-order valence-corrected chi connectivity index (χ1v) is 5.23. The van der Waals surface area contributed by atoms with Gasteiger partial charge in [-0.25, -0.2) is 8.78 Å². The summed E-state index contributed by atoms with van der Waals surface area (Å²) >= 11 is 0. The number of nitrogens with one attached hydrogen (secondary N) is 1. The Bertz CT molecular complexity index is 627. The third-order valence-corrected chi connectivity index (χ3v) is 2.38. The molecule has 7 heteroatoms. The minimum absolute atomic E-state index is 0.0353. The fraction of sp³-hybridized carbons (Fsp3) is 0. The zero-order chi connectivity index (χ0) is 14.0. The number of anilines is 3. The number of halogens is 2. The van der Waals surface area contributed by atoms with Crippen molar-refractivity contribution in [3.63, 3.8) is 0 Å². The molecule has 2 aromatic rings. The molecule has 0 aromatic heterocycles. The van der Waals surface area contributed by atoms with E-state index < -0.39 is 16.6 Å². The van der Waals surface area contributed by atoms with Gasteiger partial charge in [-0.3, -0.25) is 10.1 Å². The van der Waals surface area contributed by atoms with Crippen molar-refractivity contribution in [2.75, 3.05) is 11.1 Å². The topological polar surface area (TPSA) is 81.2 Å². The normalized spacial score (nSPS) is 10.2. The smallest absolute Gasteiger partial charge is 0.292 e. The van der Waals surface area contributed by atoms with Crippen LogP contribution in [0.25, 0.3) is 0 Å². The second-order valence-electron chi connectivity index (χ2n) is 3.81. The van der Waals surface area contributed by atoms with Gasteiger partial charge in [-0.15, -0.1) is 0 Å². The average molecular weight is 265 g/mol. The molecule has 3 N–H and O–H groups in total. The first-order chi connectivity index (χ1) is 8.95. The van der Waals surface area contributed by atoms with E-state index in [-0.39, 0.29) is 17.1 Å². The van der Waals surface area contributed by atoms with Gasteiger partial charge in [0.25, 0.3) is 5.69 Å². The second kappa shape index (κ2) is 4.89. The van der Waals surface area contributed by atoms with Gasteiger partial charge in [0.05, 0.1) is 4.92 Å². The standard InChI is InChI=1S/C12H9F2N3O2/c13-7-3-8(14)5-10(4-7)16-9-1-2-12(17(18)19)11(15)6-9/h1-6,16H,15H2. The molecule has 0 amide bonds. The number of nitrogens with zero attached hydrogens (tertiary/aromatic N) is 1. The third-order valence-electron chi connectivity index (χ3n) is 2.38. The van der Waals surface area contributed by atoms with Crippen molar-refractivity contribution in [2.45, 2.75) is 0 Å². The largest absolute Gasteiger partial charge is 0.393 e. The van der Waals surface area contributed by atoms with E-state index in [4.69, 9.17) is 5.73 Å². The molecule has 0 fully saturated rings. The summed E-state index contributed by atoms with van der Waals surface area (Å²) in [6.07, 6.45) is 0. The molecule has 0 bridgehead atoms. The first kappa shape index (κ1) is 12.7. The van der Waals surface area contributed by atoms with Gasteiger partial charge in [0.2, 0.25) is 0 Å². The number of rotatable bonds is 3. The number of hydrogen-bond acceptors (Lipinski definition) is 4. The summed E-state index contributed by atoms with van der Waals surface area (Å²) in [4.78, 5) is 9.98. The number of benzene rings is 2. The molecular formula is C12H9F2N3O2. The fourth-order valence-corrected chi connectivity index (χ4v) is 1.59. The highest BCUT2D eigenvalue weighted by atomic mass is 19.1. The lowest BCUT2D eigenvalue weighted by atomic mass is 10.2. The van der Waals surface area contributed by atoms with Gasteiger partial charge in [-0.2, -0.15) is 0 Å². The average Bonchev–Trinajstić information content (AvgIpc) is 2.26. The van der Waals surface area contributed by atoms with E-state index in [9.17, 15) is 18.9 Å². The van der Waals surface area contributed by atoms with Crippen LogP contribution < -0.4 is 11.1 Å². The van der Waals surface area contributed by atoms with Gasteiger partial charge in [0.15, 0.2) is 0 Å². The summed E-state index contributed by atoms with van der Waals surface area (Å²) in [5.74, 6) is -1.45. The highest BCUT2D eigenvalue weighted by molar-refractivity contribution is 5.69. The van der Waals surface area contributed by atoms with Gasteiger partial charge in [-0.1, -0.05) is 0 Å². The van der Waals surface area contributed by atoms with E-state index in [0.717, 1.165) is 18.2 Å². The van der Waals surface area contributed by atoms with Crippen LogP contribution in [0, 0.1) is 21.7 Å². The van der Waals surface area contributed by atoms with Gasteiger partial charge in [-0.05, 0) is 24.3 Å². The Morgan fingerprint density at radius 2 is 1.68 bits per heavy atom. The SMILES string of the molecule is Nc1cc(Nc2cc(F)cc(F)c2)ccc1[N+](=O)[O-]. The van der Waals surface area contributed by atoms with Crippen molar-refractivity contribution in [1.29, 1.82) is 0 Å². The summed E-state index contributed by atoms with van der Waals surface area (Å²) in [5.41, 5.74) is 5.83. The molecule has 2 aromatic carbocycles. The van der Waals surface area contributed by atoms with E-state index >= 15 is 0 Å². The quantitative estimate of drug-likeness (QED) is 0.507. The maximum atomic E-state index is 13.0. The molecule has 0 radical (unpaired) electrons. The summed E-state index contributed by atoms with van der Waals surface area (Å²) < 4.78 is 26.0. The van der Waals surface area contributed by atoms with Gasteiger partial charge in [0, 0.05) is 23.5 Å². The molecule has 0 heterocycles. The minimum atomic E-state index is -0.725. The van der Waals surface area contributed by atoms with Gasteiger partial charge < -0.3 is 11.1 Å². The maximum absolute atomic E-state index is 13.0. The van der Waals surface area contributed by atoms with Gasteiger partial charge in [0.1, 0.15) is 17.3 Å². The third kappa shape index (κ3) is 2.95. The Morgan fingerprint density at radius 1 is 1.05 bits per heavy atom. The van der Waals surface area contributed by atoms with Crippen LogP contribution in [0.5, 0.6) is 0 Å². The van der Waals surface area contributed by atoms with Crippen LogP contribution in [0.3, 0.4) is 0 Å². The number of nitrogens with two attached hydrogens (primary N) is 1. The predicted molar refractivity (Wildman–Crippen MR) is 67.1 cm³/mol. The van der Waals surface area contributed by atoms with Crippen LogP contribution in [0.4, 0.5) is 31.5 Å². The number of nitro groups is 1. The zero-order valence-corrected chi connectivity index (χ0v) is 9.56. The Balaban J connectivity index is 2.28. The van der Waals surface area contributed by atoms with Crippen molar-refractivity contribution in [1.82, 2.24) is 0 Å². The molecular weight excluding hydrogens is 256 g/mol. The lowest BCUT2D eigenvalue weighted by Crippen LogP contribution is -1.98. The van der Waals surface area contributed by atoms with Crippen LogP contribution in [-0.4, -0.2) is 4.92 Å². The highest BCUT2D eigenvalue weighted by Gasteiger charge is 2.11. The van der Waals surface area contributed by atoms with E-state index in [1.165, 1.54) is 18.2 Å². The first-order valence-electron chi connectivity index (χ1n) is 5.23. The molecule has 0 aliphatic carbocycles. The Kier molecular flexibility index (Phi) is 3.28. The molecule has 2 rings (SSSR count). The molecule has 0 saturated heterocycles. The van der Waals surface area contributed by atoms with Crippen LogP contribution in [-0.2, 0) is 0 Å². The van der Waals surface area contributed by atoms with Crippen molar-refractivity contribution in [3.05, 3.63) is 58.1 Å². The molecule has 0 unspecified atom stereocenters. The van der Waals surface area contributed by atoms with E-state index in [1.54, 1.807) is 0 Å². The molecule has 0 aliphatic rings. The van der Waals surface area contributed by atoms with E-state index in [2.05, 4.69) is 5.32 Å². The Morgan fingerprint density at radius 3 is 2.21 bits per heavy atom. The molecule has 19 heavy (non-hydrogen) atoms. The molecule has 0 aliphatic heterocycles. The molecule has 5 nitrogen and oxygen atoms in total. The number of nitrogen functional groups attached to an aromatic ring is 1. The summed E-state index contributed by atoms with van der Waals surface area (Å²) in [6, 6.07) is 6.88. The Labute approximate surface area is 106 Å². The van der Waals surface area contributed by atoms with Crippen molar-refractivity contribution in [3.8, 4) is 0 Å². The predicted octanol–water partition coefficient (Wildman–Crippen LogP) is 3.20. The van der Waals surface area contributed by atoms with Crippen molar-refractivity contribution in [2.24, 2.45) is 0 Å². The van der Waals surface area contributed by atoms with E-state index in [1.807, 2.05) is 0 Å². The maximum Gasteiger partial charge on any atom is 0.292 e. The number of nitro benzene ring substituents is 1. The monoisotopic (exact) mass is 265 g/mol. The zero-order valence-electron chi connectivity index (χ0n) is 9.56.